The van der Waals surface area contributed by atoms with Crippen molar-refractivity contribution in [1.29, 1.82) is 0 Å². The second-order valence-corrected chi connectivity index (χ2v) is 5.49. The van der Waals surface area contributed by atoms with Crippen LogP contribution in [0.5, 0.6) is 5.75 Å². The molecule has 0 radical (unpaired) electrons. The van der Waals surface area contributed by atoms with Crippen molar-refractivity contribution < 1.29 is 15.0 Å². The van der Waals surface area contributed by atoms with Crippen molar-refractivity contribution in [2.24, 2.45) is 0 Å². The first kappa shape index (κ1) is 14.8. The third-order valence-electron chi connectivity index (χ3n) is 3.63. The number of phenols is 1. The van der Waals surface area contributed by atoms with E-state index < -0.39 is 5.97 Å². The summed E-state index contributed by atoms with van der Waals surface area (Å²) in [5.74, 6) is -1.11. The number of benzene rings is 2. The molecule has 0 unspecified atom stereocenters. The third-order valence-corrected chi connectivity index (χ3v) is 3.63. The van der Waals surface area contributed by atoms with Crippen molar-refractivity contribution in [3.8, 4) is 22.7 Å². The van der Waals surface area contributed by atoms with Crippen LogP contribution in [0.3, 0.4) is 0 Å². The van der Waals surface area contributed by atoms with E-state index in [1.165, 1.54) is 10.7 Å². The minimum absolute atomic E-state index is 0.000252. The number of aryl methyl sites for hydroxylation is 2. The Morgan fingerprint density at radius 1 is 1.00 bits per heavy atom. The fourth-order valence-electron chi connectivity index (χ4n) is 2.40. The maximum absolute atomic E-state index is 11.5. The van der Waals surface area contributed by atoms with Crippen LogP contribution in [0.2, 0.25) is 0 Å². The molecular weight excluding hydrogens is 292 g/mol. The van der Waals surface area contributed by atoms with Crippen LogP contribution in [0.1, 0.15) is 21.6 Å². The smallest absolute Gasteiger partial charge is 0.354 e. The van der Waals surface area contributed by atoms with Gasteiger partial charge in [0.1, 0.15) is 11.4 Å². The van der Waals surface area contributed by atoms with E-state index in [-0.39, 0.29) is 11.4 Å². The molecule has 0 spiro atoms. The van der Waals surface area contributed by atoms with E-state index in [0.717, 1.165) is 16.7 Å². The summed E-state index contributed by atoms with van der Waals surface area (Å²) >= 11 is 0. The van der Waals surface area contributed by atoms with E-state index in [2.05, 4.69) is 5.10 Å². The summed E-state index contributed by atoms with van der Waals surface area (Å²) in [6, 6.07) is 14.2. The molecule has 5 heteroatoms. The summed E-state index contributed by atoms with van der Waals surface area (Å²) in [6.45, 7) is 3.83. The highest BCUT2D eigenvalue weighted by Gasteiger charge is 2.18. The Kier molecular flexibility index (Phi) is 3.62. The molecule has 0 aliphatic carbocycles. The van der Waals surface area contributed by atoms with Crippen LogP contribution in [-0.4, -0.2) is 26.0 Å². The second-order valence-electron chi connectivity index (χ2n) is 5.49. The topological polar surface area (TPSA) is 75.3 Å². The summed E-state index contributed by atoms with van der Waals surface area (Å²) in [6.07, 6.45) is 0. The SMILES string of the molecule is Cc1ccc(-c2cc(C(=O)O)n(-c3ccc(C)cc3O)n2)cc1. The summed E-state index contributed by atoms with van der Waals surface area (Å²) < 4.78 is 1.26. The first-order valence-electron chi connectivity index (χ1n) is 7.16. The van der Waals surface area contributed by atoms with Gasteiger partial charge in [0.2, 0.25) is 0 Å². The molecule has 23 heavy (non-hydrogen) atoms. The quantitative estimate of drug-likeness (QED) is 0.775. The van der Waals surface area contributed by atoms with Crippen LogP contribution >= 0.6 is 0 Å². The number of carbonyl (C=O) groups is 1. The average Bonchev–Trinajstić information content (AvgIpc) is 2.93. The molecule has 1 aromatic heterocycles. The molecule has 116 valence electrons. The minimum Gasteiger partial charge on any atom is -0.506 e. The molecule has 0 amide bonds. The molecule has 1 heterocycles. The standard InChI is InChI=1S/C18H16N2O3/c1-11-3-6-13(7-4-11)14-10-16(18(22)23)20(19-14)15-8-5-12(2)9-17(15)21/h3-10,21H,1-2H3,(H,22,23). The molecule has 0 atom stereocenters. The number of phenolic OH excluding ortho intramolecular Hbond substituents is 1. The van der Waals surface area contributed by atoms with Gasteiger partial charge in [-0.1, -0.05) is 35.9 Å². The van der Waals surface area contributed by atoms with E-state index in [9.17, 15) is 15.0 Å². The van der Waals surface area contributed by atoms with Crippen molar-refractivity contribution >= 4 is 5.97 Å². The van der Waals surface area contributed by atoms with Crippen LogP contribution in [0, 0.1) is 13.8 Å². The molecule has 0 saturated carbocycles. The molecule has 5 nitrogen and oxygen atoms in total. The van der Waals surface area contributed by atoms with Crippen LogP contribution < -0.4 is 0 Å². The molecule has 0 bridgehead atoms. The fraction of sp³-hybridized carbons (Fsp3) is 0.111. The Bertz CT molecular complexity index is 880. The van der Waals surface area contributed by atoms with Gasteiger partial charge in [-0.3, -0.25) is 0 Å². The van der Waals surface area contributed by atoms with Gasteiger partial charge < -0.3 is 10.2 Å². The van der Waals surface area contributed by atoms with Gasteiger partial charge in [0.15, 0.2) is 5.69 Å². The largest absolute Gasteiger partial charge is 0.506 e. The monoisotopic (exact) mass is 308 g/mol. The van der Waals surface area contributed by atoms with Crippen molar-refractivity contribution in [3.63, 3.8) is 0 Å². The average molecular weight is 308 g/mol. The predicted octanol–water partition coefficient (Wildman–Crippen LogP) is 3.56. The molecular formula is C18H16N2O3. The number of carboxylic acids is 1. The van der Waals surface area contributed by atoms with Gasteiger partial charge in [-0.15, -0.1) is 0 Å². The molecule has 0 fully saturated rings. The number of carboxylic acid groups (broad SMARTS) is 1. The number of hydrogen-bond donors (Lipinski definition) is 2. The van der Waals surface area contributed by atoms with Crippen molar-refractivity contribution in [1.82, 2.24) is 9.78 Å². The zero-order valence-electron chi connectivity index (χ0n) is 12.8. The molecule has 3 aromatic rings. The van der Waals surface area contributed by atoms with Gasteiger partial charge in [0, 0.05) is 5.56 Å². The van der Waals surface area contributed by atoms with Gasteiger partial charge >= 0.3 is 5.97 Å². The summed E-state index contributed by atoms with van der Waals surface area (Å²) in [7, 11) is 0. The lowest BCUT2D eigenvalue weighted by atomic mass is 10.1. The molecule has 3 rings (SSSR count). The van der Waals surface area contributed by atoms with E-state index >= 15 is 0 Å². The normalized spacial score (nSPS) is 10.7. The highest BCUT2D eigenvalue weighted by molar-refractivity contribution is 5.88. The second kappa shape index (κ2) is 5.61. The number of aromatic carboxylic acids is 1. The van der Waals surface area contributed by atoms with Gasteiger partial charge in [0.25, 0.3) is 0 Å². The van der Waals surface area contributed by atoms with E-state index in [4.69, 9.17) is 0 Å². The van der Waals surface area contributed by atoms with Gasteiger partial charge in [0.05, 0.1) is 5.69 Å². The highest BCUT2D eigenvalue weighted by atomic mass is 16.4. The molecule has 0 saturated heterocycles. The van der Waals surface area contributed by atoms with E-state index in [1.807, 2.05) is 38.1 Å². The summed E-state index contributed by atoms with van der Waals surface area (Å²) in [5, 5.41) is 23.9. The number of aromatic hydroxyl groups is 1. The number of nitrogens with zero attached hydrogens (tertiary/aromatic N) is 2. The number of rotatable bonds is 3. The fourth-order valence-corrected chi connectivity index (χ4v) is 2.40. The van der Waals surface area contributed by atoms with Gasteiger partial charge in [-0.25, -0.2) is 9.48 Å². The lowest BCUT2D eigenvalue weighted by molar-refractivity contribution is 0.0687. The molecule has 0 aliphatic heterocycles. The Balaban J connectivity index is 2.16. The maximum atomic E-state index is 11.5. The Morgan fingerprint density at radius 2 is 1.65 bits per heavy atom. The van der Waals surface area contributed by atoms with Gasteiger partial charge in [-0.2, -0.15) is 5.10 Å². The highest BCUT2D eigenvalue weighted by Crippen LogP contribution is 2.27. The van der Waals surface area contributed by atoms with Crippen LogP contribution in [0.4, 0.5) is 0 Å². The predicted molar refractivity (Wildman–Crippen MR) is 87.1 cm³/mol. The van der Waals surface area contributed by atoms with E-state index in [0.29, 0.717) is 11.4 Å². The Morgan fingerprint density at radius 3 is 2.26 bits per heavy atom. The van der Waals surface area contributed by atoms with E-state index in [1.54, 1.807) is 18.2 Å². The zero-order chi connectivity index (χ0) is 16.6. The van der Waals surface area contributed by atoms with Crippen LogP contribution in [0.15, 0.2) is 48.5 Å². The van der Waals surface area contributed by atoms with Crippen molar-refractivity contribution in [2.75, 3.05) is 0 Å². The third kappa shape index (κ3) is 2.81. The summed E-state index contributed by atoms with van der Waals surface area (Å²) in [4.78, 5) is 11.5. The molecule has 2 aromatic carbocycles. The zero-order valence-corrected chi connectivity index (χ0v) is 12.8. The van der Waals surface area contributed by atoms with Crippen molar-refractivity contribution in [3.05, 3.63) is 65.4 Å². The first-order valence-corrected chi connectivity index (χ1v) is 7.16. The number of hydrogen-bond acceptors (Lipinski definition) is 3. The van der Waals surface area contributed by atoms with Crippen molar-refractivity contribution in [2.45, 2.75) is 13.8 Å². The molecule has 0 aliphatic rings. The first-order chi connectivity index (χ1) is 11.0. The maximum Gasteiger partial charge on any atom is 0.354 e. The Labute approximate surface area is 133 Å². The minimum atomic E-state index is -1.10. The number of aromatic nitrogens is 2. The van der Waals surface area contributed by atoms with Crippen LogP contribution in [-0.2, 0) is 0 Å². The van der Waals surface area contributed by atoms with Gasteiger partial charge in [-0.05, 0) is 37.6 Å². The van der Waals surface area contributed by atoms with Crippen LogP contribution in [0.25, 0.3) is 16.9 Å². The Hall–Kier alpha value is -3.08. The molecule has 2 N–H and O–H groups in total. The lowest BCUT2D eigenvalue weighted by Crippen LogP contribution is -2.08. The summed E-state index contributed by atoms with van der Waals surface area (Å²) in [5.41, 5.74) is 3.70. The lowest BCUT2D eigenvalue weighted by Gasteiger charge is -2.07.